The Labute approximate surface area is 112 Å². The number of carbonyl (C=O) groups is 1. The number of para-hydroxylation sites is 1. The van der Waals surface area contributed by atoms with Crippen LogP contribution in [0.2, 0.25) is 0 Å². The Hall–Kier alpha value is -1.60. The largest absolute Gasteiger partial charge is 0.480 e. The molecule has 0 bridgehead atoms. The predicted octanol–water partition coefficient (Wildman–Crippen LogP) is 1.05. The van der Waals surface area contributed by atoms with Gasteiger partial charge in [0.25, 0.3) is 0 Å². The Kier molecular flexibility index (Phi) is 4.90. The van der Waals surface area contributed by atoms with Crippen LogP contribution in [-0.2, 0) is 14.8 Å². The number of carboxylic acids is 1. The van der Waals surface area contributed by atoms with Crippen molar-refractivity contribution in [1.82, 2.24) is 4.72 Å². The molecule has 7 heteroatoms. The molecule has 6 nitrogen and oxygen atoms in total. The summed E-state index contributed by atoms with van der Waals surface area (Å²) < 4.78 is 26.5. The molecule has 0 aliphatic carbocycles. The summed E-state index contributed by atoms with van der Waals surface area (Å²) in [7, 11) is -3.95. The molecule has 0 unspecified atom stereocenters. The third kappa shape index (κ3) is 3.68. The first-order valence-corrected chi connectivity index (χ1v) is 7.37. The Bertz CT molecular complexity index is 557. The SMILES string of the molecule is CC[C@H](C)[C@H](NS(=O)(=O)c1ccccc1N)C(=O)O. The van der Waals surface area contributed by atoms with E-state index in [1.54, 1.807) is 19.9 Å². The summed E-state index contributed by atoms with van der Waals surface area (Å²) in [5.41, 5.74) is 5.69. The lowest BCUT2D eigenvalue weighted by Gasteiger charge is -2.20. The van der Waals surface area contributed by atoms with Crippen LogP contribution in [-0.4, -0.2) is 25.5 Å². The average molecular weight is 286 g/mol. The highest BCUT2D eigenvalue weighted by molar-refractivity contribution is 7.89. The van der Waals surface area contributed by atoms with Crippen LogP contribution in [0, 0.1) is 5.92 Å². The van der Waals surface area contributed by atoms with Gasteiger partial charge in [-0.3, -0.25) is 4.79 Å². The lowest BCUT2D eigenvalue weighted by molar-refractivity contribution is -0.140. The molecule has 0 aromatic heterocycles. The molecule has 0 aliphatic rings. The Balaban J connectivity index is 3.08. The molecule has 0 aliphatic heterocycles. The molecule has 0 spiro atoms. The number of nitrogens with one attached hydrogen (secondary N) is 1. The summed E-state index contributed by atoms with van der Waals surface area (Å²) in [6.07, 6.45) is 0.545. The van der Waals surface area contributed by atoms with E-state index in [0.29, 0.717) is 6.42 Å². The molecule has 0 fully saturated rings. The van der Waals surface area contributed by atoms with E-state index in [-0.39, 0.29) is 16.5 Å². The molecule has 1 rings (SSSR count). The van der Waals surface area contributed by atoms with E-state index in [1.807, 2.05) is 0 Å². The van der Waals surface area contributed by atoms with Crippen molar-refractivity contribution in [1.29, 1.82) is 0 Å². The first kappa shape index (κ1) is 15.5. The summed E-state index contributed by atoms with van der Waals surface area (Å²) in [5.74, 6) is -1.52. The number of benzene rings is 1. The van der Waals surface area contributed by atoms with Crippen molar-refractivity contribution in [3.8, 4) is 0 Å². The van der Waals surface area contributed by atoms with E-state index >= 15 is 0 Å². The zero-order valence-electron chi connectivity index (χ0n) is 10.8. The minimum Gasteiger partial charge on any atom is -0.480 e. The second-order valence-electron chi connectivity index (χ2n) is 4.36. The van der Waals surface area contributed by atoms with Gasteiger partial charge in [0, 0.05) is 0 Å². The van der Waals surface area contributed by atoms with Crippen LogP contribution in [0.15, 0.2) is 29.2 Å². The zero-order valence-corrected chi connectivity index (χ0v) is 11.6. The fraction of sp³-hybridized carbons (Fsp3) is 0.417. The summed E-state index contributed by atoms with van der Waals surface area (Å²) in [6, 6.07) is 4.76. The molecule has 19 heavy (non-hydrogen) atoms. The molecule has 1 aromatic carbocycles. The van der Waals surface area contributed by atoms with Crippen LogP contribution >= 0.6 is 0 Å². The summed E-state index contributed by atoms with van der Waals surface area (Å²) in [6.45, 7) is 3.47. The quantitative estimate of drug-likeness (QED) is 0.677. The Morgan fingerprint density at radius 2 is 2.00 bits per heavy atom. The van der Waals surface area contributed by atoms with Gasteiger partial charge in [0.05, 0.1) is 5.69 Å². The van der Waals surface area contributed by atoms with Gasteiger partial charge in [0.1, 0.15) is 10.9 Å². The topological polar surface area (TPSA) is 109 Å². The van der Waals surface area contributed by atoms with E-state index in [1.165, 1.54) is 18.2 Å². The van der Waals surface area contributed by atoms with Gasteiger partial charge in [-0.05, 0) is 18.1 Å². The number of sulfonamides is 1. The summed E-state index contributed by atoms with van der Waals surface area (Å²) in [4.78, 5) is 11.0. The molecule has 0 heterocycles. The maximum Gasteiger partial charge on any atom is 0.322 e. The predicted molar refractivity (Wildman–Crippen MR) is 72.1 cm³/mol. The van der Waals surface area contributed by atoms with E-state index in [2.05, 4.69) is 4.72 Å². The number of aliphatic carboxylic acids is 1. The van der Waals surface area contributed by atoms with Gasteiger partial charge in [-0.1, -0.05) is 32.4 Å². The van der Waals surface area contributed by atoms with Gasteiger partial charge in [-0.25, -0.2) is 8.42 Å². The van der Waals surface area contributed by atoms with Crippen LogP contribution < -0.4 is 10.5 Å². The number of rotatable bonds is 6. The fourth-order valence-corrected chi connectivity index (χ4v) is 3.03. The standard InChI is InChI=1S/C12H18N2O4S/c1-3-8(2)11(12(15)16)14-19(17,18)10-7-5-4-6-9(10)13/h4-8,11,14H,3,13H2,1-2H3,(H,15,16)/t8-,11-/m0/s1. The van der Waals surface area contributed by atoms with Gasteiger partial charge in [0.2, 0.25) is 10.0 Å². The van der Waals surface area contributed by atoms with Crippen molar-refractivity contribution in [2.45, 2.75) is 31.2 Å². The minimum absolute atomic E-state index is 0.0864. The van der Waals surface area contributed by atoms with E-state index in [0.717, 1.165) is 0 Å². The van der Waals surface area contributed by atoms with E-state index in [9.17, 15) is 13.2 Å². The van der Waals surface area contributed by atoms with Crippen LogP contribution in [0.5, 0.6) is 0 Å². The lowest BCUT2D eigenvalue weighted by atomic mass is 10.0. The van der Waals surface area contributed by atoms with Crippen LogP contribution in [0.4, 0.5) is 5.69 Å². The molecular weight excluding hydrogens is 268 g/mol. The van der Waals surface area contributed by atoms with Crippen molar-refractivity contribution in [3.05, 3.63) is 24.3 Å². The third-order valence-corrected chi connectivity index (χ3v) is 4.48. The van der Waals surface area contributed by atoms with Crippen LogP contribution in [0.25, 0.3) is 0 Å². The second-order valence-corrected chi connectivity index (χ2v) is 6.04. The van der Waals surface area contributed by atoms with Crippen molar-refractivity contribution in [3.63, 3.8) is 0 Å². The molecule has 0 saturated heterocycles. The Morgan fingerprint density at radius 1 is 1.42 bits per heavy atom. The first-order valence-electron chi connectivity index (χ1n) is 5.89. The summed E-state index contributed by atoms with van der Waals surface area (Å²) >= 11 is 0. The molecule has 2 atom stereocenters. The molecule has 0 saturated carbocycles. The van der Waals surface area contributed by atoms with Crippen molar-refractivity contribution < 1.29 is 18.3 Å². The first-order chi connectivity index (χ1) is 8.79. The second kappa shape index (κ2) is 6.03. The molecule has 0 radical (unpaired) electrons. The van der Waals surface area contributed by atoms with Gasteiger partial charge in [0.15, 0.2) is 0 Å². The third-order valence-electron chi connectivity index (χ3n) is 2.97. The highest BCUT2D eigenvalue weighted by Crippen LogP contribution is 2.19. The number of hydrogen-bond donors (Lipinski definition) is 3. The lowest BCUT2D eigenvalue weighted by Crippen LogP contribution is -2.45. The number of anilines is 1. The molecule has 106 valence electrons. The monoisotopic (exact) mass is 286 g/mol. The zero-order chi connectivity index (χ0) is 14.6. The highest BCUT2D eigenvalue weighted by Gasteiger charge is 2.30. The van der Waals surface area contributed by atoms with Crippen LogP contribution in [0.3, 0.4) is 0 Å². The van der Waals surface area contributed by atoms with Crippen molar-refractivity contribution >= 4 is 21.7 Å². The average Bonchev–Trinajstić information content (AvgIpc) is 2.35. The van der Waals surface area contributed by atoms with Crippen molar-refractivity contribution in [2.75, 3.05) is 5.73 Å². The van der Waals surface area contributed by atoms with Gasteiger partial charge in [-0.2, -0.15) is 4.72 Å². The smallest absolute Gasteiger partial charge is 0.322 e. The molecule has 1 aromatic rings. The number of nitrogen functional groups attached to an aromatic ring is 1. The minimum atomic E-state index is -3.95. The van der Waals surface area contributed by atoms with Crippen LogP contribution in [0.1, 0.15) is 20.3 Å². The van der Waals surface area contributed by atoms with E-state index in [4.69, 9.17) is 10.8 Å². The molecular formula is C12H18N2O4S. The van der Waals surface area contributed by atoms with Crippen molar-refractivity contribution in [2.24, 2.45) is 5.92 Å². The number of hydrogen-bond acceptors (Lipinski definition) is 4. The van der Waals surface area contributed by atoms with Gasteiger partial charge in [-0.15, -0.1) is 0 Å². The van der Waals surface area contributed by atoms with E-state index < -0.39 is 22.0 Å². The molecule has 0 amide bonds. The maximum absolute atomic E-state index is 12.1. The molecule has 4 N–H and O–H groups in total. The van der Waals surface area contributed by atoms with Gasteiger partial charge >= 0.3 is 5.97 Å². The fourth-order valence-electron chi connectivity index (χ4n) is 1.60. The number of carboxylic acid groups (broad SMARTS) is 1. The Morgan fingerprint density at radius 3 is 2.47 bits per heavy atom. The highest BCUT2D eigenvalue weighted by atomic mass is 32.2. The normalized spacial score (nSPS) is 14.8. The summed E-state index contributed by atoms with van der Waals surface area (Å²) in [5, 5.41) is 9.10. The maximum atomic E-state index is 12.1. The van der Waals surface area contributed by atoms with Gasteiger partial charge < -0.3 is 10.8 Å². The number of nitrogens with two attached hydrogens (primary N) is 1.